The SMILES string of the molecule is CC(C)C(C)(C)[C@@H]1CC[C@]2(C(=O)Cl)CC[C@]3(C)C(CC[C@@H]4[C@@]5(C)CCC(=O)C(C)(C)C5CC[C@]43C)[C@@H]12. The van der Waals surface area contributed by atoms with Crippen molar-refractivity contribution in [2.45, 2.75) is 127 Å². The molecule has 0 aliphatic heterocycles. The highest BCUT2D eigenvalue weighted by atomic mass is 35.5. The molecule has 5 fully saturated rings. The van der Waals surface area contributed by atoms with Crippen molar-refractivity contribution in [3.8, 4) is 0 Å². The highest BCUT2D eigenvalue weighted by Crippen LogP contribution is 2.78. The molecular weight excluding hydrogens is 464 g/mol. The first-order valence-corrected chi connectivity index (χ1v) is 15.6. The predicted molar refractivity (Wildman–Crippen MR) is 149 cm³/mol. The van der Waals surface area contributed by atoms with E-state index >= 15 is 0 Å². The quantitative estimate of drug-likeness (QED) is 0.350. The minimum absolute atomic E-state index is 0.0351. The molecule has 5 aliphatic carbocycles. The topological polar surface area (TPSA) is 34.1 Å². The normalized spacial score (nSPS) is 50.2. The minimum atomic E-state index is -0.313. The lowest BCUT2D eigenvalue weighted by molar-refractivity contribution is -0.235. The van der Waals surface area contributed by atoms with Crippen LogP contribution in [0.3, 0.4) is 0 Å². The molecule has 5 rings (SSSR count). The molecule has 0 amide bonds. The van der Waals surface area contributed by atoms with Gasteiger partial charge in [0.15, 0.2) is 0 Å². The lowest BCUT2D eigenvalue weighted by Gasteiger charge is -2.72. The van der Waals surface area contributed by atoms with E-state index in [0.29, 0.717) is 41.3 Å². The highest BCUT2D eigenvalue weighted by molar-refractivity contribution is 6.64. The van der Waals surface area contributed by atoms with Crippen LogP contribution in [0.1, 0.15) is 127 Å². The fourth-order valence-electron chi connectivity index (χ4n) is 12.0. The third-order valence-corrected chi connectivity index (χ3v) is 15.4. The van der Waals surface area contributed by atoms with Gasteiger partial charge in [-0.25, -0.2) is 0 Å². The van der Waals surface area contributed by atoms with E-state index < -0.39 is 0 Å². The average molecular weight is 517 g/mol. The van der Waals surface area contributed by atoms with Crippen LogP contribution in [0.25, 0.3) is 0 Å². The molecule has 0 bridgehead atoms. The number of carbonyl (C=O) groups excluding carboxylic acids is 2. The van der Waals surface area contributed by atoms with Crippen molar-refractivity contribution >= 4 is 22.6 Å². The summed E-state index contributed by atoms with van der Waals surface area (Å²) in [6, 6.07) is 0. The Hall–Kier alpha value is -0.370. The van der Waals surface area contributed by atoms with Gasteiger partial charge >= 0.3 is 0 Å². The van der Waals surface area contributed by atoms with Gasteiger partial charge in [0.05, 0.1) is 0 Å². The average Bonchev–Trinajstić information content (AvgIpc) is 3.19. The number of halogens is 1. The Morgan fingerprint density at radius 3 is 2.14 bits per heavy atom. The molecule has 5 saturated carbocycles. The van der Waals surface area contributed by atoms with E-state index in [1.807, 2.05) is 0 Å². The van der Waals surface area contributed by atoms with Gasteiger partial charge in [-0.15, -0.1) is 0 Å². The first-order valence-electron chi connectivity index (χ1n) is 15.2. The molecule has 2 nitrogen and oxygen atoms in total. The number of hydrogen-bond acceptors (Lipinski definition) is 2. The van der Waals surface area contributed by atoms with E-state index in [0.717, 1.165) is 38.5 Å². The number of ketones is 1. The summed E-state index contributed by atoms with van der Waals surface area (Å²) in [5.41, 5.74) is 0.413. The van der Waals surface area contributed by atoms with Gasteiger partial charge in [0.25, 0.3) is 0 Å². The second-order valence-electron chi connectivity index (χ2n) is 16.4. The molecule has 2 unspecified atom stereocenters. The Kier molecular flexibility index (Phi) is 6.10. The zero-order valence-corrected chi connectivity index (χ0v) is 25.5. The van der Waals surface area contributed by atoms with Gasteiger partial charge in [-0.3, -0.25) is 9.59 Å². The molecule has 3 heteroatoms. The monoisotopic (exact) mass is 516 g/mol. The van der Waals surface area contributed by atoms with Crippen molar-refractivity contribution in [2.75, 3.05) is 0 Å². The van der Waals surface area contributed by atoms with Gasteiger partial charge in [-0.05, 0) is 127 Å². The Bertz CT molecular complexity index is 949. The van der Waals surface area contributed by atoms with Gasteiger partial charge < -0.3 is 0 Å². The minimum Gasteiger partial charge on any atom is -0.299 e. The van der Waals surface area contributed by atoms with Crippen LogP contribution >= 0.6 is 11.6 Å². The van der Waals surface area contributed by atoms with E-state index in [1.165, 1.54) is 25.7 Å². The first kappa shape index (κ1) is 27.2. The lowest BCUT2D eigenvalue weighted by atomic mass is 9.32. The molecule has 0 saturated heterocycles. The summed E-state index contributed by atoms with van der Waals surface area (Å²) in [7, 11) is 0. The molecule has 204 valence electrons. The Balaban J connectivity index is 1.58. The summed E-state index contributed by atoms with van der Waals surface area (Å²) in [5, 5.41) is -0.0351. The van der Waals surface area contributed by atoms with Crippen molar-refractivity contribution in [2.24, 2.45) is 68.0 Å². The standard InChI is InChI=1S/C33H53ClO2/c1-20(2)28(3,4)21-12-17-33(27(34)36)19-18-31(8)22(26(21)33)10-11-24-30(7)15-14-25(35)29(5,6)23(30)13-16-32(24,31)9/h20-24,26H,10-19H2,1-9H3/t21-,22?,23?,24-,26-,30+,31-,32-,33+/m1/s1. The third-order valence-electron chi connectivity index (χ3n) is 15.0. The molecule has 9 atom stereocenters. The van der Waals surface area contributed by atoms with Crippen molar-refractivity contribution in [3.63, 3.8) is 0 Å². The Labute approximate surface area is 226 Å². The molecule has 0 aromatic carbocycles. The highest BCUT2D eigenvalue weighted by Gasteiger charge is 2.72. The second kappa shape index (κ2) is 8.08. The van der Waals surface area contributed by atoms with E-state index in [1.54, 1.807) is 0 Å². The van der Waals surface area contributed by atoms with Crippen molar-refractivity contribution in [1.29, 1.82) is 0 Å². The Morgan fingerprint density at radius 1 is 0.861 bits per heavy atom. The van der Waals surface area contributed by atoms with Crippen molar-refractivity contribution in [3.05, 3.63) is 0 Å². The summed E-state index contributed by atoms with van der Waals surface area (Å²) in [6.07, 6.45) is 11.0. The summed E-state index contributed by atoms with van der Waals surface area (Å²) < 4.78 is 0. The molecule has 0 radical (unpaired) electrons. The number of Topliss-reactive ketones (excluding diaryl/α,β-unsaturated/α-hetero) is 1. The van der Waals surface area contributed by atoms with E-state index in [9.17, 15) is 9.59 Å². The largest absolute Gasteiger partial charge is 0.299 e. The molecule has 0 N–H and O–H groups in total. The second-order valence-corrected chi connectivity index (χ2v) is 16.7. The van der Waals surface area contributed by atoms with Crippen LogP contribution in [0.2, 0.25) is 0 Å². The van der Waals surface area contributed by atoms with Crippen LogP contribution < -0.4 is 0 Å². The van der Waals surface area contributed by atoms with E-state index in [-0.39, 0.29) is 37.7 Å². The maximum Gasteiger partial charge on any atom is 0.228 e. The zero-order chi connectivity index (χ0) is 26.7. The summed E-state index contributed by atoms with van der Waals surface area (Å²) in [6.45, 7) is 22.0. The summed E-state index contributed by atoms with van der Waals surface area (Å²) in [5.74, 6) is 3.76. The van der Waals surface area contributed by atoms with Gasteiger partial charge in [0, 0.05) is 17.3 Å². The number of carbonyl (C=O) groups is 2. The van der Waals surface area contributed by atoms with E-state index in [4.69, 9.17) is 11.6 Å². The Morgan fingerprint density at radius 2 is 1.53 bits per heavy atom. The molecule has 5 aliphatic rings. The molecule has 0 spiro atoms. The number of rotatable bonds is 3. The summed E-state index contributed by atoms with van der Waals surface area (Å²) >= 11 is 6.58. The fraction of sp³-hybridized carbons (Fsp3) is 0.939. The van der Waals surface area contributed by atoms with Crippen molar-refractivity contribution < 1.29 is 9.59 Å². The van der Waals surface area contributed by atoms with Crippen LogP contribution in [0, 0.1) is 68.0 Å². The van der Waals surface area contributed by atoms with Crippen LogP contribution in [0.15, 0.2) is 0 Å². The maximum absolute atomic E-state index is 13.3. The number of fused-ring (bicyclic) bond motifs is 7. The van der Waals surface area contributed by atoms with Crippen LogP contribution in [-0.2, 0) is 9.59 Å². The van der Waals surface area contributed by atoms with Crippen molar-refractivity contribution in [1.82, 2.24) is 0 Å². The van der Waals surface area contributed by atoms with Gasteiger partial charge in [0.1, 0.15) is 5.78 Å². The first-order chi connectivity index (χ1) is 16.5. The maximum atomic E-state index is 13.3. The van der Waals surface area contributed by atoms with E-state index in [2.05, 4.69) is 62.3 Å². The summed E-state index contributed by atoms with van der Waals surface area (Å²) in [4.78, 5) is 26.3. The molecule has 0 aromatic heterocycles. The zero-order valence-electron chi connectivity index (χ0n) is 24.7. The van der Waals surface area contributed by atoms with Crippen LogP contribution in [-0.4, -0.2) is 11.0 Å². The van der Waals surface area contributed by atoms with Crippen LogP contribution in [0.5, 0.6) is 0 Å². The predicted octanol–water partition coefficient (Wildman–Crippen LogP) is 9.08. The molecule has 36 heavy (non-hydrogen) atoms. The number of hydrogen-bond donors (Lipinski definition) is 0. The lowest BCUT2D eigenvalue weighted by Crippen LogP contribution is -2.67. The third kappa shape index (κ3) is 3.15. The van der Waals surface area contributed by atoms with Gasteiger partial charge in [0.2, 0.25) is 5.24 Å². The van der Waals surface area contributed by atoms with Gasteiger partial charge in [-0.2, -0.15) is 0 Å². The fourth-order valence-corrected chi connectivity index (χ4v) is 12.3. The van der Waals surface area contributed by atoms with Crippen LogP contribution in [0.4, 0.5) is 0 Å². The molecular formula is C33H53ClO2. The molecule has 0 heterocycles. The smallest absolute Gasteiger partial charge is 0.228 e. The molecule has 0 aromatic rings. The van der Waals surface area contributed by atoms with Gasteiger partial charge in [-0.1, -0.05) is 62.3 Å².